The summed E-state index contributed by atoms with van der Waals surface area (Å²) in [6, 6.07) is 5.52. The molecule has 0 spiro atoms. The molecule has 16 heavy (non-hydrogen) atoms. The summed E-state index contributed by atoms with van der Waals surface area (Å²) in [7, 11) is 1.43. The van der Waals surface area contributed by atoms with Gasteiger partial charge in [0.1, 0.15) is 5.82 Å². The Balaban J connectivity index is 0.00000225. The van der Waals surface area contributed by atoms with Gasteiger partial charge in [-0.15, -0.1) is 5.11 Å². The molecular weight excluding hydrogens is 224 g/mol. The predicted octanol–water partition coefficient (Wildman–Crippen LogP) is -2.49. The maximum absolute atomic E-state index is 12.7. The van der Waals surface area contributed by atoms with E-state index in [0.717, 1.165) is 5.01 Å². The van der Waals surface area contributed by atoms with Gasteiger partial charge < -0.3 is 9.90 Å². The molecule has 0 fully saturated rings. The molecule has 0 radical (unpaired) electrons. The summed E-state index contributed by atoms with van der Waals surface area (Å²) in [4.78, 5) is 10.2. The Morgan fingerprint density at radius 3 is 2.81 bits per heavy atom. The minimum atomic E-state index is -1.25. The SMILES string of the molecule is CN(CC(=O)[O-])N=Nc1cccc(F)c1.[Na+]. The molecule has 1 aromatic carbocycles. The normalized spacial score (nSPS) is 9.88. The third-order valence-corrected chi connectivity index (χ3v) is 1.48. The number of carboxylic acid groups (broad SMARTS) is 1. The molecular formula is C9H9FN3NaO2. The number of likely N-dealkylation sites (N-methyl/N-ethyl adjacent to an activating group) is 1. The first-order valence-electron chi connectivity index (χ1n) is 4.16. The molecule has 7 heteroatoms. The molecule has 5 nitrogen and oxygen atoms in total. The fourth-order valence-electron chi connectivity index (χ4n) is 0.885. The monoisotopic (exact) mass is 233 g/mol. The van der Waals surface area contributed by atoms with Crippen molar-refractivity contribution in [1.29, 1.82) is 0 Å². The number of aliphatic carboxylic acids is 1. The molecule has 1 aromatic rings. The minimum Gasteiger partial charge on any atom is -0.548 e. The molecule has 0 atom stereocenters. The Morgan fingerprint density at radius 2 is 2.25 bits per heavy atom. The number of hydrogen-bond acceptors (Lipinski definition) is 4. The molecule has 0 unspecified atom stereocenters. The maximum atomic E-state index is 12.7. The van der Waals surface area contributed by atoms with Crippen LogP contribution in [0.3, 0.4) is 0 Å². The van der Waals surface area contributed by atoms with Crippen molar-refractivity contribution in [2.24, 2.45) is 10.3 Å². The molecule has 0 aliphatic carbocycles. The van der Waals surface area contributed by atoms with Crippen LogP contribution in [0.2, 0.25) is 0 Å². The maximum Gasteiger partial charge on any atom is 1.00 e. The van der Waals surface area contributed by atoms with Crippen molar-refractivity contribution in [1.82, 2.24) is 5.01 Å². The third-order valence-electron chi connectivity index (χ3n) is 1.48. The van der Waals surface area contributed by atoms with Crippen LogP contribution in [-0.4, -0.2) is 24.6 Å². The number of carbonyl (C=O) groups excluding carboxylic acids is 1. The quantitative estimate of drug-likeness (QED) is 0.328. The smallest absolute Gasteiger partial charge is 0.548 e. The number of carbonyl (C=O) groups is 1. The van der Waals surface area contributed by atoms with Gasteiger partial charge in [0.05, 0.1) is 18.2 Å². The second-order valence-electron chi connectivity index (χ2n) is 2.86. The van der Waals surface area contributed by atoms with Crippen molar-refractivity contribution in [3.05, 3.63) is 30.1 Å². The van der Waals surface area contributed by atoms with Crippen LogP contribution in [0.25, 0.3) is 0 Å². The first kappa shape index (κ1) is 15.0. The number of benzene rings is 1. The Labute approximate surface area is 114 Å². The fraction of sp³-hybridized carbons (Fsp3) is 0.222. The topological polar surface area (TPSA) is 68.1 Å². The average molecular weight is 233 g/mol. The Bertz CT molecular complexity index is 387. The number of carboxylic acids is 1. The number of halogens is 1. The van der Waals surface area contributed by atoms with Gasteiger partial charge in [-0.2, -0.15) is 0 Å². The first-order valence-corrected chi connectivity index (χ1v) is 4.16. The molecule has 1 rings (SSSR count). The second kappa shape index (κ2) is 7.32. The zero-order valence-electron chi connectivity index (χ0n) is 9.05. The zero-order valence-corrected chi connectivity index (χ0v) is 11.1. The van der Waals surface area contributed by atoms with Crippen LogP contribution >= 0.6 is 0 Å². The minimum absolute atomic E-state index is 0. The summed E-state index contributed by atoms with van der Waals surface area (Å²) in [6.07, 6.45) is 0. The van der Waals surface area contributed by atoms with Crippen LogP contribution in [0.15, 0.2) is 34.6 Å². The van der Waals surface area contributed by atoms with Gasteiger partial charge in [-0.05, 0) is 12.1 Å². The molecule has 0 N–H and O–H groups in total. The van der Waals surface area contributed by atoms with Crippen molar-refractivity contribution in [2.45, 2.75) is 0 Å². The van der Waals surface area contributed by atoms with Crippen LogP contribution in [-0.2, 0) is 4.79 Å². The summed E-state index contributed by atoms with van der Waals surface area (Å²) in [5.74, 6) is -1.68. The molecule has 0 aliphatic rings. The van der Waals surface area contributed by atoms with Gasteiger partial charge in [0.15, 0.2) is 0 Å². The molecule has 0 aliphatic heterocycles. The van der Waals surface area contributed by atoms with Crippen LogP contribution in [0.1, 0.15) is 0 Å². The van der Waals surface area contributed by atoms with E-state index < -0.39 is 11.8 Å². The van der Waals surface area contributed by atoms with E-state index >= 15 is 0 Å². The number of nitrogens with zero attached hydrogens (tertiary/aromatic N) is 3. The molecule has 0 amide bonds. The first-order chi connectivity index (χ1) is 7.08. The fourth-order valence-corrected chi connectivity index (χ4v) is 0.885. The Morgan fingerprint density at radius 1 is 1.56 bits per heavy atom. The Kier molecular flexibility index (Phi) is 6.87. The third kappa shape index (κ3) is 5.79. The van der Waals surface area contributed by atoms with Crippen molar-refractivity contribution >= 4 is 11.7 Å². The summed E-state index contributed by atoms with van der Waals surface area (Å²) < 4.78 is 12.7. The number of hydrogen-bond donors (Lipinski definition) is 0. The van der Waals surface area contributed by atoms with Crippen LogP contribution in [0.5, 0.6) is 0 Å². The van der Waals surface area contributed by atoms with Gasteiger partial charge in [0.2, 0.25) is 0 Å². The van der Waals surface area contributed by atoms with Crippen molar-refractivity contribution in [3.8, 4) is 0 Å². The van der Waals surface area contributed by atoms with Gasteiger partial charge in [-0.1, -0.05) is 11.3 Å². The number of rotatable bonds is 4. The van der Waals surface area contributed by atoms with E-state index in [4.69, 9.17) is 0 Å². The van der Waals surface area contributed by atoms with E-state index in [9.17, 15) is 14.3 Å². The van der Waals surface area contributed by atoms with Gasteiger partial charge >= 0.3 is 29.6 Å². The Hall–Kier alpha value is -0.980. The zero-order chi connectivity index (χ0) is 11.3. The van der Waals surface area contributed by atoms with E-state index in [0.29, 0.717) is 5.69 Å². The van der Waals surface area contributed by atoms with Crippen molar-refractivity contribution < 1.29 is 43.8 Å². The molecule has 80 valence electrons. The predicted molar refractivity (Wildman–Crippen MR) is 48.6 cm³/mol. The van der Waals surface area contributed by atoms with E-state index in [2.05, 4.69) is 10.3 Å². The summed E-state index contributed by atoms with van der Waals surface area (Å²) in [6.45, 7) is -0.362. The average Bonchev–Trinajstić information content (AvgIpc) is 2.14. The summed E-state index contributed by atoms with van der Waals surface area (Å²) in [5.41, 5.74) is 0.320. The van der Waals surface area contributed by atoms with Crippen molar-refractivity contribution in [3.63, 3.8) is 0 Å². The molecule has 0 saturated carbocycles. The summed E-state index contributed by atoms with van der Waals surface area (Å²) in [5, 5.41) is 18.4. The van der Waals surface area contributed by atoms with Crippen molar-refractivity contribution in [2.75, 3.05) is 13.6 Å². The molecule has 0 heterocycles. The van der Waals surface area contributed by atoms with Crippen LogP contribution < -0.4 is 34.7 Å². The van der Waals surface area contributed by atoms with Gasteiger partial charge in [-0.3, -0.25) is 5.01 Å². The molecule has 0 bridgehead atoms. The molecule has 0 saturated heterocycles. The van der Waals surface area contributed by atoms with E-state index in [1.165, 1.54) is 25.2 Å². The standard InChI is InChI=1S/C9H10FN3O2.Na/c1-13(6-9(14)15)12-11-8-4-2-3-7(10)5-8;/h2-5H,6H2,1H3,(H,14,15);/q;+1/p-1. The van der Waals surface area contributed by atoms with Gasteiger partial charge in [0.25, 0.3) is 0 Å². The van der Waals surface area contributed by atoms with Gasteiger partial charge in [-0.25, -0.2) is 4.39 Å². The second-order valence-corrected chi connectivity index (χ2v) is 2.86. The molecule has 0 aromatic heterocycles. The van der Waals surface area contributed by atoms with E-state index in [-0.39, 0.29) is 36.1 Å². The van der Waals surface area contributed by atoms with Crippen LogP contribution in [0, 0.1) is 5.82 Å². The summed E-state index contributed by atoms with van der Waals surface area (Å²) >= 11 is 0. The van der Waals surface area contributed by atoms with Gasteiger partial charge in [0, 0.05) is 13.1 Å². The van der Waals surface area contributed by atoms with E-state index in [1.54, 1.807) is 6.07 Å². The van der Waals surface area contributed by atoms with Crippen LogP contribution in [0.4, 0.5) is 10.1 Å². The van der Waals surface area contributed by atoms with E-state index in [1.807, 2.05) is 0 Å². The largest absolute Gasteiger partial charge is 1.00 e.